The number of halogens is 2. The van der Waals surface area contributed by atoms with Crippen molar-refractivity contribution in [2.24, 2.45) is 11.3 Å². The number of carboxylic acid groups (broad SMARTS) is 1. The Bertz CT molecular complexity index is 1910. The van der Waals surface area contributed by atoms with Crippen molar-refractivity contribution in [3.05, 3.63) is 114 Å². The first-order valence-electron chi connectivity index (χ1n) is 18.0. The zero-order chi connectivity index (χ0) is 37.1. The molecule has 3 saturated heterocycles. The standard InChI is InChI=1S/C40H43Cl2N3O7S/c1-50-34-10-9-27(17-35(34)51-23-25-7-8-25)29(19-31-32(41)21-45(49)22-33(31)42)30-18-28(53-37(30)38(46)47)20-43-36(26-5-3-2-4-6-26)39(48)52-24-40-11-14-44(15-12-40)16-13-40/h2-6,9-10,17-18,21-22,25,29,36,43H,7-8,11-16,19-20,23-24H2,1H3,(H,46,47). The predicted molar refractivity (Wildman–Crippen MR) is 203 cm³/mol. The fourth-order valence-electron chi connectivity index (χ4n) is 7.43. The number of fused-ring (bicyclic) bond motifs is 3. The summed E-state index contributed by atoms with van der Waals surface area (Å²) in [5.41, 5.74) is 2.62. The van der Waals surface area contributed by atoms with E-state index in [1.165, 1.54) is 12.4 Å². The lowest BCUT2D eigenvalue weighted by Gasteiger charge is -2.48. The number of hydrogen-bond acceptors (Lipinski definition) is 9. The van der Waals surface area contributed by atoms with E-state index in [9.17, 15) is 19.9 Å². The molecule has 10 nitrogen and oxygen atoms in total. The van der Waals surface area contributed by atoms with Gasteiger partial charge in [0.2, 0.25) is 0 Å². The number of ether oxygens (including phenoxy) is 3. The van der Waals surface area contributed by atoms with Gasteiger partial charge in [-0.25, -0.2) is 9.59 Å². The van der Waals surface area contributed by atoms with Gasteiger partial charge in [-0.15, -0.1) is 11.3 Å². The zero-order valence-electron chi connectivity index (χ0n) is 29.5. The van der Waals surface area contributed by atoms with Crippen LogP contribution in [0.4, 0.5) is 0 Å². The number of nitrogens with zero attached hydrogens (tertiary/aromatic N) is 2. The van der Waals surface area contributed by atoms with Gasteiger partial charge in [0.15, 0.2) is 23.9 Å². The number of methoxy groups -OCH3 is 1. The number of aromatic carboxylic acids is 1. The molecule has 5 heterocycles. The molecule has 2 atom stereocenters. The highest BCUT2D eigenvalue weighted by Crippen LogP contribution is 2.43. The van der Waals surface area contributed by atoms with Crippen molar-refractivity contribution in [3.63, 3.8) is 0 Å². The summed E-state index contributed by atoms with van der Waals surface area (Å²) in [5.74, 6) is -0.359. The fourth-order valence-corrected chi connectivity index (χ4v) is 9.04. The Hall–Kier alpha value is -3.87. The zero-order valence-corrected chi connectivity index (χ0v) is 31.9. The highest BCUT2D eigenvalue weighted by atomic mass is 35.5. The molecule has 1 saturated carbocycles. The van der Waals surface area contributed by atoms with Gasteiger partial charge in [0.1, 0.15) is 21.0 Å². The molecule has 2 unspecified atom stereocenters. The number of rotatable bonds is 16. The van der Waals surface area contributed by atoms with Gasteiger partial charge in [0.25, 0.3) is 0 Å². The van der Waals surface area contributed by atoms with Gasteiger partial charge < -0.3 is 29.4 Å². The third kappa shape index (κ3) is 8.76. The van der Waals surface area contributed by atoms with Crippen LogP contribution in [-0.2, 0) is 22.5 Å². The minimum Gasteiger partial charge on any atom is -0.619 e. The van der Waals surface area contributed by atoms with Gasteiger partial charge >= 0.3 is 11.9 Å². The van der Waals surface area contributed by atoms with Gasteiger partial charge in [-0.3, -0.25) is 5.32 Å². The van der Waals surface area contributed by atoms with Crippen molar-refractivity contribution < 1.29 is 33.6 Å². The Kier molecular flexibility index (Phi) is 11.5. The van der Waals surface area contributed by atoms with Crippen LogP contribution < -0.4 is 19.5 Å². The lowest BCUT2D eigenvalue weighted by atomic mass is 9.73. The molecule has 1 aliphatic carbocycles. The maximum Gasteiger partial charge on any atom is 0.346 e. The maximum atomic E-state index is 13.8. The average molecular weight is 781 g/mol. The number of hydrogen-bond donors (Lipinski definition) is 2. The molecule has 4 aliphatic rings. The van der Waals surface area contributed by atoms with E-state index in [1.807, 2.05) is 54.6 Å². The molecule has 0 amide bonds. The molecule has 2 bridgehead atoms. The lowest BCUT2D eigenvalue weighted by molar-refractivity contribution is -0.605. The maximum absolute atomic E-state index is 13.8. The van der Waals surface area contributed by atoms with Crippen molar-refractivity contribution in [2.45, 2.75) is 57.0 Å². The number of thiophene rings is 1. The molecule has 2 aromatic heterocycles. The average Bonchev–Trinajstić information content (AvgIpc) is 3.90. The minimum atomic E-state index is -1.08. The van der Waals surface area contributed by atoms with Crippen LogP contribution in [0, 0.1) is 16.5 Å². The van der Waals surface area contributed by atoms with Crippen LogP contribution in [0.15, 0.2) is 67.0 Å². The molecular formula is C40H43Cl2N3O7S. The van der Waals surface area contributed by atoms with Crippen molar-refractivity contribution in [3.8, 4) is 11.5 Å². The molecule has 280 valence electrons. The van der Waals surface area contributed by atoms with E-state index in [0.29, 0.717) is 46.5 Å². The summed E-state index contributed by atoms with van der Waals surface area (Å²) in [4.78, 5) is 30.0. The molecule has 13 heteroatoms. The van der Waals surface area contributed by atoms with Crippen LogP contribution in [0.5, 0.6) is 11.5 Å². The quantitative estimate of drug-likeness (QED) is 0.0680. The Morgan fingerprint density at radius 2 is 1.72 bits per heavy atom. The molecule has 3 aliphatic heterocycles. The molecular weight excluding hydrogens is 737 g/mol. The van der Waals surface area contributed by atoms with Gasteiger partial charge in [-0.1, -0.05) is 59.6 Å². The third-order valence-electron chi connectivity index (χ3n) is 10.9. The molecule has 0 spiro atoms. The van der Waals surface area contributed by atoms with Gasteiger partial charge in [-0.05, 0) is 99.0 Å². The number of carbonyl (C=O) groups is 2. The van der Waals surface area contributed by atoms with E-state index in [4.69, 9.17) is 37.4 Å². The Labute approximate surface area is 323 Å². The SMILES string of the molecule is COc1ccc(C(Cc2c(Cl)c[n+]([O-])cc2Cl)c2cc(CNC(C(=O)OCC34CCN(CC3)CC4)c3ccccc3)sc2C(=O)O)cc1OCC1CC1. The van der Waals surface area contributed by atoms with Crippen molar-refractivity contribution in [2.75, 3.05) is 40.0 Å². The summed E-state index contributed by atoms with van der Waals surface area (Å²) in [6.07, 6.45) is 7.99. The van der Waals surface area contributed by atoms with Crippen LogP contribution >= 0.6 is 34.5 Å². The molecule has 0 radical (unpaired) electrons. The first kappa shape index (κ1) is 37.4. The van der Waals surface area contributed by atoms with Crippen LogP contribution in [-0.4, -0.2) is 61.9 Å². The van der Waals surface area contributed by atoms with E-state index < -0.39 is 17.9 Å². The van der Waals surface area contributed by atoms with E-state index >= 15 is 0 Å². The number of carboxylic acids is 1. The van der Waals surface area contributed by atoms with Crippen molar-refractivity contribution >= 4 is 46.5 Å². The molecule has 4 aromatic rings. The van der Waals surface area contributed by atoms with Crippen LogP contribution in [0.1, 0.15) is 80.9 Å². The van der Waals surface area contributed by atoms with Crippen molar-refractivity contribution in [1.82, 2.24) is 10.2 Å². The van der Waals surface area contributed by atoms with Gasteiger partial charge in [0, 0.05) is 28.3 Å². The molecule has 2 aromatic carbocycles. The largest absolute Gasteiger partial charge is 0.619 e. The van der Waals surface area contributed by atoms with E-state index in [2.05, 4.69) is 10.2 Å². The number of piperidine rings is 3. The first-order chi connectivity index (χ1) is 25.6. The number of carbonyl (C=O) groups excluding carboxylic acids is 1. The number of nitrogens with one attached hydrogen (secondary N) is 1. The topological polar surface area (TPSA) is 124 Å². The highest BCUT2D eigenvalue weighted by molar-refractivity contribution is 7.14. The third-order valence-corrected chi connectivity index (χ3v) is 12.6. The highest BCUT2D eigenvalue weighted by Gasteiger charge is 2.41. The smallest absolute Gasteiger partial charge is 0.346 e. The van der Waals surface area contributed by atoms with E-state index in [0.717, 1.165) is 79.1 Å². The summed E-state index contributed by atoms with van der Waals surface area (Å²) in [7, 11) is 1.58. The second-order valence-electron chi connectivity index (χ2n) is 14.4. The molecule has 8 rings (SSSR count). The summed E-state index contributed by atoms with van der Waals surface area (Å²) in [6, 6.07) is 16.1. The van der Waals surface area contributed by atoms with Crippen molar-refractivity contribution in [1.29, 1.82) is 0 Å². The Morgan fingerprint density at radius 1 is 1.02 bits per heavy atom. The summed E-state index contributed by atoms with van der Waals surface area (Å²) in [5, 5.41) is 26.4. The Balaban J connectivity index is 1.19. The summed E-state index contributed by atoms with van der Waals surface area (Å²) in [6.45, 7) is 4.29. The van der Waals surface area contributed by atoms with Crippen LogP contribution in [0.25, 0.3) is 0 Å². The number of pyridine rings is 1. The number of esters is 1. The Morgan fingerprint density at radius 3 is 2.36 bits per heavy atom. The lowest BCUT2D eigenvalue weighted by Crippen LogP contribution is -2.50. The number of benzene rings is 2. The second kappa shape index (κ2) is 16.2. The monoisotopic (exact) mass is 779 g/mol. The first-order valence-corrected chi connectivity index (χ1v) is 19.6. The van der Waals surface area contributed by atoms with E-state index in [1.54, 1.807) is 7.11 Å². The van der Waals surface area contributed by atoms with E-state index in [-0.39, 0.29) is 39.3 Å². The minimum absolute atomic E-state index is 0.0302. The van der Waals surface area contributed by atoms with Crippen LogP contribution in [0.2, 0.25) is 10.0 Å². The predicted octanol–water partition coefficient (Wildman–Crippen LogP) is 7.42. The second-order valence-corrected chi connectivity index (χ2v) is 16.4. The van der Waals surface area contributed by atoms with Crippen LogP contribution in [0.3, 0.4) is 0 Å². The summed E-state index contributed by atoms with van der Waals surface area (Å²) >= 11 is 14.3. The fraction of sp³-hybridized carbons (Fsp3) is 0.425. The summed E-state index contributed by atoms with van der Waals surface area (Å²) < 4.78 is 18.4. The normalized spacial score (nSPS) is 20.5. The van der Waals surface area contributed by atoms with Gasteiger partial charge in [-0.2, -0.15) is 4.73 Å². The number of aromatic nitrogens is 1. The molecule has 53 heavy (non-hydrogen) atoms. The van der Waals surface area contributed by atoms with Gasteiger partial charge in [0.05, 0.1) is 20.3 Å². The molecule has 2 N–H and O–H groups in total. The molecule has 4 fully saturated rings.